The molecule has 0 aromatic rings. The smallest absolute Gasteiger partial charge is 0.0766 e. The van der Waals surface area contributed by atoms with E-state index in [-0.39, 0.29) is 0 Å². The van der Waals surface area contributed by atoms with Gasteiger partial charge in [0.2, 0.25) is 0 Å². The maximum absolute atomic E-state index is 8.66. The molecule has 0 unspecified atom stereocenters. The highest BCUT2D eigenvalue weighted by molar-refractivity contribution is 7.42. The summed E-state index contributed by atoms with van der Waals surface area (Å²) in [6, 6.07) is 0. The van der Waals surface area contributed by atoms with E-state index in [9.17, 15) is 0 Å². The number of nitrogens with one attached hydrogen (secondary N) is 2. The van der Waals surface area contributed by atoms with E-state index >= 15 is 0 Å². The lowest BCUT2D eigenvalue weighted by atomic mass is 10.0. The van der Waals surface area contributed by atoms with Crippen LogP contribution in [0.15, 0.2) is 0 Å². The summed E-state index contributed by atoms with van der Waals surface area (Å²) in [5.41, 5.74) is 0. The molecule has 0 saturated carbocycles. The zero-order valence-electron chi connectivity index (χ0n) is 33.2. The summed E-state index contributed by atoms with van der Waals surface area (Å²) in [5.74, 6) is 0. The van der Waals surface area contributed by atoms with Gasteiger partial charge in [-0.25, -0.2) is 0 Å². The van der Waals surface area contributed by atoms with Crippen LogP contribution in [-0.4, -0.2) is 46.2 Å². The number of quaternary nitrogens is 2. The van der Waals surface area contributed by atoms with Crippen molar-refractivity contribution in [3.8, 4) is 0 Å². The highest BCUT2D eigenvalue weighted by Crippen LogP contribution is 2.15. The Bertz CT molecular complexity index is 538. The summed E-state index contributed by atoms with van der Waals surface area (Å²) in [7, 11) is 3.88. The Morgan fingerprint density at radius 1 is 0.362 bits per heavy atom. The quantitative estimate of drug-likeness (QED) is 0.0465. The topological polar surface area (TPSA) is 92.3 Å². The van der Waals surface area contributed by atoms with E-state index in [4.69, 9.17) is 19.2 Å². The van der Waals surface area contributed by atoms with Crippen molar-refractivity contribution in [1.82, 2.24) is 0 Å². The molecular formula is C40H89N2O4P. The van der Waals surface area contributed by atoms with Crippen LogP contribution in [0.4, 0.5) is 0 Å². The van der Waals surface area contributed by atoms with E-state index in [1.54, 1.807) is 9.80 Å². The fraction of sp³-hybridized carbons (Fsp3) is 1.00. The molecule has 0 saturated heterocycles. The maximum atomic E-state index is 8.66. The van der Waals surface area contributed by atoms with Gasteiger partial charge in [-0.1, -0.05) is 194 Å². The molecule has 0 aromatic carbocycles. The lowest BCUT2D eigenvalue weighted by Crippen LogP contribution is -3.05. The first-order valence-corrected chi connectivity index (χ1v) is 22.4. The first-order valence-electron chi connectivity index (χ1n) is 20.9. The van der Waals surface area contributed by atoms with Crippen molar-refractivity contribution >= 4 is 7.82 Å². The summed E-state index contributed by atoms with van der Waals surface area (Å²) in [4.78, 5) is 27.5. The molecule has 0 aliphatic carbocycles. The second kappa shape index (κ2) is 44.1. The van der Waals surface area contributed by atoms with Gasteiger partial charge in [-0.3, -0.25) is 0 Å². The molecule has 0 rings (SSSR count). The Hall–Kier alpha value is 0.0300. The molecule has 3 N–H and O–H groups in total. The van der Waals surface area contributed by atoms with Gasteiger partial charge in [0.25, 0.3) is 0 Å². The minimum atomic E-state index is -5.14. The number of rotatable bonds is 34. The molecule has 0 fully saturated rings. The van der Waals surface area contributed by atoms with Crippen molar-refractivity contribution < 1.29 is 29.0 Å². The Morgan fingerprint density at radius 2 is 0.489 bits per heavy atom. The van der Waals surface area contributed by atoms with Crippen LogP contribution in [0.1, 0.15) is 219 Å². The Balaban J connectivity index is -0.000000719. The first kappa shape index (κ1) is 51.4. The normalized spacial score (nSPS) is 11.5. The molecule has 0 bridgehead atoms. The minimum Gasteiger partial charge on any atom is -0.790 e. The highest BCUT2D eigenvalue weighted by atomic mass is 31.2. The van der Waals surface area contributed by atoms with E-state index in [1.807, 2.05) is 0 Å². The van der Waals surface area contributed by atoms with Crippen molar-refractivity contribution in [2.75, 3.05) is 41.3 Å². The summed E-state index contributed by atoms with van der Waals surface area (Å²) in [6.45, 7) is 7.28. The molecule has 288 valence electrons. The standard InChI is InChI=1S/2C20H43N.H3O4P/c2*1-4-5-6-7-8-9-10-11-12-13-14-15-16-17-18-19-20-21(2)3;1-5(2,3)4/h2*4-20H2,1-3H3;(H3,1,2,3,4). The molecule has 0 aliphatic rings. The molecule has 0 spiro atoms. The van der Waals surface area contributed by atoms with Crippen LogP contribution >= 0.6 is 7.82 Å². The molecule has 7 heteroatoms. The molecule has 0 amide bonds. The van der Waals surface area contributed by atoms with Gasteiger partial charge in [0.05, 0.1) is 49.1 Å². The first-order chi connectivity index (χ1) is 22.5. The average molecular weight is 693 g/mol. The van der Waals surface area contributed by atoms with Crippen molar-refractivity contribution in [2.24, 2.45) is 0 Å². The van der Waals surface area contributed by atoms with Crippen LogP contribution in [0, 0.1) is 0 Å². The molecule has 47 heavy (non-hydrogen) atoms. The molecule has 0 radical (unpaired) electrons. The molecule has 0 atom stereocenters. The summed E-state index contributed by atoms with van der Waals surface area (Å²) < 4.78 is 8.66. The SMILES string of the molecule is CCCCCCCCCCCCCCCCCC[NH+](C)C.CCCCCCCCCCCCCCCCCC[NH+](C)C.O=P([O-])([O-])O. The van der Waals surface area contributed by atoms with Crippen LogP contribution in [0.5, 0.6) is 0 Å². The van der Waals surface area contributed by atoms with Crippen LogP contribution in [-0.2, 0) is 4.57 Å². The third-order valence-electron chi connectivity index (χ3n) is 9.06. The van der Waals surface area contributed by atoms with E-state index < -0.39 is 7.82 Å². The van der Waals surface area contributed by atoms with Gasteiger partial charge in [-0.05, 0) is 25.7 Å². The second-order valence-corrected chi connectivity index (χ2v) is 15.9. The molecule has 6 nitrogen and oxygen atoms in total. The van der Waals surface area contributed by atoms with Gasteiger partial charge < -0.3 is 29.0 Å². The number of phosphoric acid groups is 1. The molecule has 0 aromatic heterocycles. The molecular weight excluding hydrogens is 603 g/mol. The van der Waals surface area contributed by atoms with Crippen LogP contribution < -0.4 is 19.6 Å². The zero-order chi connectivity index (χ0) is 35.7. The third kappa shape index (κ3) is 68.7. The fourth-order valence-corrected chi connectivity index (χ4v) is 6.05. The lowest BCUT2D eigenvalue weighted by Gasteiger charge is -2.19. The van der Waals surface area contributed by atoms with Crippen LogP contribution in [0.3, 0.4) is 0 Å². The van der Waals surface area contributed by atoms with Crippen molar-refractivity contribution in [3.63, 3.8) is 0 Å². The average Bonchev–Trinajstić information content (AvgIpc) is 3.00. The summed E-state index contributed by atoms with van der Waals surface area (Å²) in [5, 5.41) is 0. The monoisotopic (exact) mass is 693 g/mol. The van der Waals surface area contributed by atoms with Gasteiger partial charge >= 0.3 is 0 Å². The fourth-order valence-electron chi connectivity index (χ4n) is 6.05. The molecule has 0 aliphatic heterocycles. The van der Waals surface area contributed by atoms with Gasteiger partial charge in [0.1, 0.15) is 0 Å². The summed E-state index contributed by atoms with van der Waals surface area (Å²) in [6.07, 6.45) is 46.8. The van der Waals surface area contributed by atoms with Gasteiger partial charge in [0, 0.05) is 0 Å². The van der Waals surface area contributed by atoms with E-state index in [1.165, 1.54) is 219 Å². The highest BCUT2D eigenvalue weighted by Gasteiger charge is 1.97. The number of hydrogen-bond acceptors (Lipinski definition) is 3. The van der Waals surface area contributed by atoms with Gasteiger partial charge in [-0.2, -0.15) is 0 Å². The van der Waals surface area contributed by atoms with Crippen LogP contribution in [0.2, 0.25) is 0 Å². The van der Waals surface area contributed by atoms with Gasteiger partial charge in [-0.15, -0.1) is 0 Å². The van der Waals surface area contributed by atoms with Crippen molar-refractivity contribution in [3.05, 3.63) is 0 Å². The lowest BCUT2D eigenvalue weighted by molar-refractivity contribution is -0.858. The minimum absolute atomic E-state index is 1.35. The Kier molecular flexibility index (Phi) is 48.2. The number of unbranched alkanes of at least 4 members (excludes halogenated alkanes) is 30. The largest absolute Gasteiger partial charge is 0.790 e. The van der Waals surface area contributed by atoms with Crippen molar-refractivity contribution in [1.29, 1.82) is 0 Å². The summed E-state index contributed by atoms with van der Waals surface area (Å²) >= 11 is 0. The Morgan fingerprint density at radius 3 is 0.617 bits per heavy atom. The third-order valence-corrected chi connectivity index (χ3v) is 9.06. The van der Waals surface area contributed by atoms with E-state index in [2.05, 4.69) is 42.0 Å². The predicted octanol–water partition coefficient (Wildman–Crippen LogP) is 8.59. The van der Waals surface area contributed by atoms with Gasteiger partial charge in [0.15, 0.2) is 0 Å². The van der Waals surface area contributed by atoms with Crippen molar-refractivity contribution in [2.45, 2.75) is 219 Å². The van der Waals surface area contributed by atoms with E-state index in [0.29, 0.717) is 0 Å². The second-order valence-electron chi connectivity index (χ2n) is 15.0. The zero-order valence-corrected chi connectivity index (χ0v) is 34.1. The molecule has 0 heterocycles. The number of hydrogen-bond donors (Lipinski definition) is 3. The maximum Gasteiger partial charge on any atom is 0.0766 e. The van der Waals surface area contributed by atoms with Crippen LogP contribution in [0.25, 0.3) is 0 Å². The predicted molar refractivity (Wildman–Crippen MR) is 204 cm³/mol. The Labute approximate surface area is 296 Å². The van der Waals surface area contributed by atoms with E-state index in [0.717, 1.165) is 0 Å².